The molecule has 0 amide bonds. The summed E-state index contributed by atoms with van der Waals surface area (Å²) in [5.41, 5.74) is 1.41. The molecule has 20 nitrogen and oxygen atoms in total. The van der Waals surface area contributed by atoms with E-state index in [1.807, 2.05) is 0 Å². The molecule has 0 aliphatic carbocycles. The summed E-state index contributed by atoms with van der Waals surface area (Å²) in [6, 6.07) is 0. The standard InChI is InChI=1S/C4H10O4.8C4H6O2/c5-1-3(7)4(8)2-6;8*1-3(2)4(5)6/h3-8H,1-2H2;8*1H2,2H3,(H,5,6)/t3-,4+;;;;;;;;. The monoisotopic (exact) mass is 810 g/mol. The number of hydrogen-bond acceptors (Lipinski definition) is 12. The second kappa shape index (κ2) is 44.7. The van der Waals surface area contributed by atoms with Crippen LogP contribution in [0.2, 0.25) is 0 Å². The van der Waals surface area contributed by atoms with Gasteiger partial charge >= 0.3 is 47.8 Å². The lowest BCUT2D eigenvalue weighted by Gasteiger charge is -2.10. The summed E-state index contributed by atoms with van der Waals surface area (Å²) in [6.07, 6.45) is -2.44. The van der Waals surface area contributed by atoms with Gasteiger partial charge in [-0.05, 0) is 55.4 Å². The molecular weight excluding hydrogens is 752 g/mol. The highest BCUT2D eigenvalue weighted by Gasteiger charge is 2.12. The van der Waals surface area contributed by atoms with Crippen LogP contribution in [-0.2, 0) is 38.4 Å². The third kappa shape index (κ3) is 91.5. The van der Waals surface area contributed by atoms with E-state index in [1.54, 1.807) is 0 Å². The third-order valence-corrected chi connectivity index (χ3v) is 3.74. The van der Waals surface area contributed by atoms with Gasteiger partial charge < -0.3 is 61.3 Å². The fraction of sp³-hybridized carbons (Fsp3) is 0.333. The molecule has 12 N–H and O–H groups in total. The van der Waals surface area contributed by atoms with E-state index in [2.05, 4.69) is 52.6 Å². The summed E-state index contributed by atoms with van der Waals surface area (Å²) in [7, 11) is 0. The van der Waals surface area contributed by atoms with Crippen molar-refractivity contribution in [2.75, 3.05) is 13.2 Å². The highest BCUT2D eigenvalue weighted by Crippen LogP contribution is 1.89. The fourth-order valence-corrected chi connectivity index (χ4v) is 0.243. The van der Waals surface area contributed by atoms with Crippen LogP contribution < -0.4 is 0 Å². The van der Waals surface area contributed by atoms with Crippen molar-refractivity contribution in [3.8, 4) is 0 Å². The van der Waals surface area contributed by atoms with Gasteiger partial charge in [0.1, 0.15) is 12.2 Å². The highest BCUT2D eigenvalue weighted by atomic mass is 16.4. The summed E-state index contributed by atoms with van der Waals surface area (Å²) in [4.78, 5) is 76.8. The molecule has 0 aromatic rings. The highest BCUT2D eigenvalue weighted by molar-refractivity contribution is 5.87. The van der Waals surface area contributed by atoms with E-state index in [0.717, 1.165) is 0 Å². The fourth-order valence-electron chi connectivity index (χ4n) is 0.243. The molecule has 0 aromatic heterocycles. The average Bonchev–Trinajstić information content (AvgIpc) is 3.05. The van der Waals surface area contributed by atoms with Crippen molar-refractivity contribution in [2.45, 2.75) is 67.6 Å². The zero-order valence-corrected chi connectivity index (χ0v) is 32.9. The van der Waals surface area contributed by atoms with Gasteiger partial charge in [-0.2, -0.15) is 0 Å². The lowest BCUT2D eigenvalue weighted by molar-refractivity contribution is -0.133. The van der Waals surface area contributed by atoms with Crippen LogP contribution in [0.5, 0.6) is 0 Å². The Bertz CT molecular complexity index is 990. The SMILES string of the molecule is C=C(C)C(=O)O.C=C(C)C(=O)O.C=C(C)C(=O)O.C=C(C)C(=O)O.C=C(C)C(=O)O.C=C(C)C(=O)O.C=C(C)C(=O)O.C=C(C)C(=O)O.OC[C@@H](O)[C@@H](O)CO. The Morgan fingerprint density at radius 2 is 0.357 bits per heavy atom. The van der Waals surface area contributed by atoms with Crippen LogP contribution in [0, 0.1) is 0 Å². The summed E-state index contributed by atoms with van der Waals surface area (Å²) >= 11 is 0. The zero-order chi connectivity index (χ0) is 47.8. The Balaban J connectivity index is -0.0000000635. The molecular formula is C36H58O20. The van der Waals surface area contributed by atoms with Crippen molar-refractivity contribution in [1.82, 2.24) is 0 Å². The molecule has 0 spiro atoms. The molecule has 0 bridgehead atoms. The number of aliphatic hydroxyl groups excluding tert-OH is 4. The van der Waals surface area contributed by atoms with Crippen molar-refractivity contribution >= 4 is 47.8 Å². The second-order valence-electron chi connectivity index (χ2n) is 10.2. The van der Waals surface area contributed by atoms with Crippen molar-refractivity contribution < 1.29 is 99.6 Å². The Labute approximate surface area is 325 Å². The average molecular weight is 811 g/mol. The quantitative estimate of drug-likeness (QED) is 0.133. The molecule has 0 aliphatic heterocycles. The maximum atomic E-state index is 9.60. The Morgan fingerprint density at radius 3 is 0.375 bits per heavy atom. The number of carbonyl (C=O) groups is 8. The molecule has 0 radical (unpaired) electrons. The maximum absolute atomic E-state index is 9.60. The minimum absolute atomic E-state index is 0.176. The second-order valence-corrected chi connectivity index (χ2v) is 10.2. The molecule has 0 aliphatic rings. The first kappa shape index (κ1) is 71.0. The van der Waals surface area contributed by atoms with E-state index in [0.29, 0.717) is 0 Å². The normalized spacial score (nSPS) is 9.00. The first-order chi connectivity index (χ1) is 24.9. The van der Waals surface area contributed by atoms with E-state index >= 15 is 0 Å². The number of hydrogen-bond donors (Lipinski definition) is 12. The molecule has 56 heavy (non-hydrogen) atoms. The van der Waals surface area contributed by atoms with Crippen molar-refractivity contribution in [2.24, 2.45) is 0 Å². The molecule has 0 saturated carbocycles. The molecule has 0 aromatic carbocycles. The molecule has 0 rings (SSSR count). The Hall–Kier alpha value is -6.48. The number of aliphatic hydroxyl groups is 4. The van der Waals surface area contributed by atoms with Crippen LogP contribution >= 0.6 is 0 Å². The van der Waals surface area contributed by atoms with Gasteiger partial charge in [-0.15, -0.1) is 0 Å². The third-order valence-electron chi connectivity index (χ3n) is 3.74. The van der Waals surface area contributed by atoms with Crippen LogP contribution in [-0.4, -0.2) is 134 Å². The van der Waals surface area contributed by atoms with Crippen LogP contribution in [0.15, 0.2) is 97.2 Å². The van der Waals surface area contributed by atoms with E-state index in [1.165, 1.54) is 55.4 Å². The van der Waals surface area contributed by atoms with Gasteiger partial charge in [-0.1, -0.05) is 52.6 Å². The van der Waals surface area contributed by atoms with Crippen molar-refractivity contribution in [3.05, 3.63) is 97.2 Å². The molecule has 0 unspecified atom stereocenters. The largest absolute Gasteiger partial charge is 0.478 e. The zero-order valence-electron chi connectivity index (χ0n) is 32.9. The van der Waals surface area contributed by atoms with Gasteiger partial charge in [0.15, 0.2) is 0 Å². The van der Waals surface area contributed by atoms with Gasteiger partial charge in [0.2, 0.25) is 0 Å². The Kier molecular flexibility index (Phi) is 56.7. The van der Waals surface area contributed by atoms with Crippen molar-refractivity contribution in [3.63, 3.8) is 0 Å². The van der Waals surface area contributed by atoms with E-state index in [4.69, 9.17) is 61.3 Å². The lowest BCUT2D eigenvalue weighted by Crippen LogP contribution is -2.31. The van der Waals surface area contributed by atoms with E-state index in [-0.39, 0.29) is 44.6 Å². The molecule has 20 heteroatoms. The van der Waals surface area contributed by atoms with E-state index < -0.39 is 73.2 Å². The van der Waals surface area contributed by atoms with Crippen LogP contribution in [0.3, 0.4) is 0 Å². The van der Waals surface area contributed by atoms with Gasteiger partial charge in [0.25, 0.3) is 0 Å². The van der Waals surface area contributed by atoms with Gasteiger partial charge in [-0.3, -0.25) is 0 Å². The molecule has 2 atom stereocenters. The summed E-state index contributed by atoms with van der Waals surface area (Å²) in [5.74, 6) is -7.48. The minimum Gasteiger partial charge on any atom is -0.478 e. The summed E-state index contributed by atoms with van der Waals surface area (Å²) < 4.78 is 0. The molecule has 0 fully saturated rings. The topological polar surface area (TPSA) is 379 Å². The Morgan fingerprint density at radius 1 is 0.304 bits per heavy atom. The number of carboxylic acid groups (broad SMARTS) is 8. The summed E-state index contributed by atoms with van der Waals surface area (Å²) in [5, 5.41) is 96.3. The van der Waals surface area contributed by atoms with Crippen LogP contribution in [0.1, 0.15) is 55.4 Å². The minimum atomic E-state index is -1.22. The van der Waals surface area contributed by atoms with Crippen LogP contribution in [0.4, 0.5) is 0 Å². The first-order valence-corrected chi connectivity index (χ1v) is 14.5. The predicted octanol–water partition coefficient (Wildman–Crippen LogP) is 2.87. The number of aliphatic carboxylic acids is 8. The van der Waals surface area contributed by atoms with Crippen LogP contribution in [0.25, 0.3) is 0 Å². The first-order valence-electron chi connectivity index (χ1n) is 14.5. The maximum Gasteiger partial charge on any atom is 0.330 e. The van der Waals surface area contributed by atoms with Gasteiger partial charge in [0, 0.05) is 44.6 Å². The summed E-state index contributed by atoms with van der Waals surface area (Å²) in [6.45, 7) is 35.8. The lowest BCUT2D eigenvalue weighted by atomic mass is 10.2. The van der Waals surface area contributed by atoms with Crippen molar-refractivity contribution in [1.29, 1.82) is 0 Å². The molecule has 0 heterocycles. The van der Waals surface area contributed by atoms with Gasteiger partial charge in [0.05, 0.1) is 13.2 Å². The van der Waals surface area contributed by atoms with E-state index in [9.17, 15) is 38.4 Å². The van der Waals surface area contributed by atoms with Gasteiger partial charge in [-0.25, -0.2) is 38.4 Å². The predicted molar refractivity (Wildman–Crippen MR) is 206 cm³/mol. The number of rotatable bonds is 11. The smallest absolute Gasteiger partial charge is 0.330 e. The number of carboxylic acids is 8. The molecule has 322 valence electrons. The molecule has 0 saturated heterocycles.